The van der Waals surface area contributed by atoms with Gasteiger partial charge >= 0.3 is 0 Å². The van der Waals surface area contributed by atoms with Gasteiger partial charge in [0, 0.05) is 20.1 Å². The van der Waals surface area contributed by atoms with Crippen LogP contribution in [0.1, 0.15) is 52.4 Å². The molecule has 2 N–H and O–H groups in total. The van der Waals surface area contributed by atoms with Gasteiger partial charge < -0.3 is 10.6 Å². The molecule has 1 saturated carbocycles. The van der Waals surface area contributed by atoms with Crippen molar-refractivity contribution in [1.82, 2.24) is 4.90 Å². The van der Waals surface area contributed by atoms with Crippen LogP contribution in [0.3, 0.4) is 0 Å². The SMILES string of the molecule is CC(C)C(CN)C(=O)N(C)CCC1CCCCC1. The molecule has 106 valence electrons. The number of carbonyl (C=O) groups excluding carboxylic acids is 1. The fourth-order valence-electron chi connectivity index (χ4n) is 2.90. The molecule has 0 aromatic heterocycles. The van der Waals surface area contributed by atoms with Crippen molar-refractivity contribution in [2.24, 2.45) is 23.5 Å². The van der Waals surface area contributed by atoms with E-state index in [2.05, 4.69) is 13.8 Å². The summed E-state index contributed by atoms with van der Waals surface area (Å²) < 4.78 is 0. The van der Waals surface area contributed by atoms with Crippen LogP contribution in [0.2, 0.25) is 0 Å². The van der Waals surface area contributed by atoms with Gasteiger partial charge in [0.2, 0.25) is 5.91 Å². The molecule has 3 heteroatoms. The predicted octanol–water partition coefficient (Wildman–Crippen LogP) is 2.65. The fourth-order valence-corrected chi connectivity index (χ4v) is 2.90. The maximum absolute atomic E-state index is 12.2. The van der Waals surface area contributed by atoms with E-state index in [9.17, 15) is 4.79 Å². The van der Waals surface area contributed by atoms with Crippen molar-refractivity contribution in [2.45, 2.75) is 52.4 Å². The number of carbonyl (C=O) groups is 1. The molecule has 1 aliphatic rings. The second-order valence-electron chi connectivity index (χ2n) is 6.14. The molecule has 3 nitrogen and oxygen atoms in total. The molecule has 0 bridgehead atoms. The minimum Gasteiger partial charge on any atom is -0.345 e. The van der Waals surface area contributed by atoms with Crippen molar-refractivity contribution in [3.8, 4) is 0 Å². The van der Waals surface area contributed by atoms with E-state index >= 15 is 0 Å². The Hall–Kier alpha value is -0.570. The van der Waals surface area contributed by atoms with E-state index in [0.717, 1.165) is 18.9 Å². The van der Waals surface area contributed by atoms with Crippen molar-refractivity contribution < 1.29 is 4.79 Å². The molecular weight excluding hydrogens is 224 g/mol. The highest BCUT2D eigenvalue weighted by atomic mass is 16.2. The van der Waals surface area contributed by atoms with Crippen LogP contribution in [0.5, 0.6) is 0 Å². The van der Waals surface area contributed by atoms with Gasteiger partial charge in [-0.25, -0.2) is 0 Å². The van der Waals surface area contributed by atoms with Gasteiger partial charge in [0.15, 0.2) is 0 Å². The number of nitrogens with zero attached hydrogens (tertiary/aromatic N) is 1. The molecule has 1 fully saturated rings. The molecular formula is C15H30N2O. The van der Waals surface area contributed by atoms with Gasteiger partial charge in [-0.05, 0) is 18.3 Å². The zero-order valence-corrected chi connectivity index (χ0v) is 12.3. The van der Waals surface area contributed by atoms with Crippen molar-refractivity contribution in [3.05, 3.63) is 0 Å². The smallest absolute Gasteiger partial charge is 0.226 e. The Balaban J connectivity index is 2.34. The van der Waals surface area contributed by atoms with Crippen molar-refractivity contribution >= 4 is 5.91 Å². The lowest BCUT2D eigenvalue weighted by Crippen LogP contribution is -2.40. The van der Waals surface area contributed by atoms with Crippen LogP contribution in [0.4, 0.5) is 0 Å². The number of nitrogens with two attached hydrogens (primary N) is 1. The molecule has 1 atom stereocenters. The molecule has 0 radical (unpaired) electrons. The Kier molecular flexibility index (Phi) is 6.69. The Bertz CT molecular complexity index is 247. The average molecular weight is 254 g/mol. The first kappa shape index (κ1) is 15.5. The van der Waals surface area contributed by atoms with E-state index in [1.807, 2.05) is 11.9 Å². The molecule has 1 rings (SSSR count). The van der Waals surface area contributed by atoms with Crippen LogP contribution in [0, 0.1) is 17.8 Å². The number of hydrogen-bond acceptors (Lipinski definition) is 2. The predicted molar refractivity (Wildman–Crippen MR) is 76.2 cm³/mol. The monoisotopic (exact) mass is 254 g/mol. The molecule has 1 unspecified atom stereocenters. The molecule has 0 aromatic carbocycles. The van der Waals surface area contributed by atoms with E-state index in [-0.39, 0.29) is 11.8 Å². The Labute approximate surface area is 112 Å². The first-order valence-electron chi connectivity index (χ1n) is 7.51. The maximum Gasteiger partial charge on any atom is 0.226 e. The normalized spacial score (nSPS) is 18.9. The topological polar surface area (TPSA) is 46.3 Å². The minimum atomic E-state index is -0.0126. The third-order valence-electron chi connectivity index (χ3n) is 4.35. The van der Waals surface area contributed by atoms with Crippen LogP contribution >= 0.6 is 0 Å². The summed E-state index contributed by atoms with van der Waals surface area (Å²) in [4.78, 5) is 14.1. The quantitative estimate of drug-likeness (QED) is 0.792. The van der Waals surface area contributed by atoms with Crippen molar-refractivity contribution in [1.29, 1.82) is 0 Å². The highest BCUT2D eigenvalue weighted by Crippen LogP contribution is 2.26. The Morgan fingerprint density at radius 3 is 2.39 bits per heavy atom. The second-order valence-corrected chi connectivity index (χ2v) is 6.14. The lowest BCUT2D eigenvalue weighted by Gasteiger charge is -2.28. The zero-order valence-electron chi connectivity index (χ0n) is 12.3. The lowest BCUT2D eigenvalue weighted by molar-refractivity contribution is -0.135. The fraction of sp³-hybridized carbons (Fsp3) is 0.933. The lowest BCUT2D eigenvalue weighted by atomic mass is 9.87. The number of rotatable bonds is 6. The largest absolute Gasteiger partial charge is 0.345 e. The van der Waals surface area contributed by atoms with E-state index in [1.165, 1.54) is 32.1 Å². The summed E-state index contributed by atoms with van der Waals surface area (Å²) in [5, 5.41) is 0. The molecule has 0 aromatic rings. The molecule has 0 aliphatic heterocycles. The highest BCUT2D eigenvalue weighted by molar-refractivity contribution is 5.79. The number of amides is 1. The molecule has 18 heavy (non-hydrogen) atoms. The van der Waals surface area contributed by atoms with E-state index in [1.54, 1.807) is 0 Å². The summed E-state index contributed by atoms with van der Waals surface area (Å²) in [6, 6.07) is 0. The molecule has 0 spiro atoms. The third kappa shape index (κ3) is 4.60. The standard InChI is InChI=1S/C15H30N2O/c1-12(2)14(11-16)15(18)17(3)10-9-13-7-5-4-6-8-13/h12-14H,4-11,16H2,1-3H3. The third-order valence-corrected chi connectivity index (χ3v) is 4.35. The Morgan fingerprint density at radius 2 is 1.89 bits per heavy atom. The second kappa shape index (κ2) is 7.78. The van der Waals surface area contributed by atoms with Gasteiger partial charge in [0.25, 0.3) is 0 Å². The minimum absolute atomic E-state index is 0.0126. The van der Waals surface area contributed by atoms with E-state index in [4.69, 9.17) is 5.73 Å². The van der Waals surface area contributed by atoms with Crippen LogP contribution in [-0.4, -0.2) is 30.9 Å². The van der Waals surface area contributed by atoms with Crippen molar-refractivity contribution in [3.63, 3.8) is 0 Å². The first-order valence-corrected chi connectivity index (χ1v) is 7.51. The Morgan fingerprint density at radius 1 is 1.28 bits per heavy atom. The summed E-state index contributed by atoms with van der Waals surface area (Å²) >= 11 is 0. The van der Waals surface area contributed by atoms with Crippen LogP contribution in [0.15, 0.2) is 0 Å². The van der Waals surface area contributed by atoms with Crippen molar-refractivity contribution in [2.75, 3.05) is 20.1 Å². The molecule has 1 aliphatic carbocycles. The summed E-state index contributed by atoms with van der Waals surface area (Å²) in [6.45, 7) is 5.51. The van der Waals surface area contributed by atoms with Crippen LogP contribution < -0.4 is 5.73 Å². The molecule has 0 saturated heterocycles. The van der Waals surface area contributed by atoms with Gasteiger partial charge in [-0.2, -0.15) is 0 Å². The van der Waals surface area contributed by atoms with Gasteiger partial charge in [-0.1, -0.05) is 46.0 Å². The molecule has 0 heterocycles. The summed E-state index contributed by atoms with van der Waals surface area (Å²) in [7, 11) is 1.93. The summed E-state index contributed by atoms with van der Waals surface area (Å²) in [5.41, 5.74) is 5.70. The number of hydrogen-bond donors (Lipinski definition) is 1. The average Bonchev–Trinajstić information content (AvgIpc) is 2.37. The first-order chi connectivity index (χ1) is 8.56. The van der Waals surface area contributed by atoms with Gasteiger partial charge in [0.1, 0.15) is 0 Å². The highest BCUT2D eigenvalue weighted by Gasteiger charge is 2.24. The van der Waals surface area contributed by atoms with Gasteiger partial charge in [0.05, 0.1) is 5.92 Å². The summed E-state index contributed by atoms with van der Waals surface area (Å²) in [6.07, 6.45) is 8.02. The summed E-state index contributed by atoms with van der Waals surface area (Å²) in [5.74, 6) is 1.38. The zero-order chi connectivity index (χ0) is 13.5. The maximum atomic E-state index is 12.2. The van der Waals surface area contributed by atoms with Gasteiger partial charge in [-0.3, -0.25) is 4.79 Å². The van der Waals surface area contributed by atoms with Gasteiger partial charge in [-0.15, -0.1) is 0 Å². The van der Waals surface area contributed by atoms with E-state index < -0.39 is 0 Å². The van der Waals surface area contributed by atoms with Crippen LogP contribution in [0.25, 0.3) is 0 Å². The van der Waals surface area contributed by atoms with Crippen LogP contribution in [-0.2, 0) is 4.79 Å². The molecule has 1 amide bonds. The van der Waals surface area contributed by atoms with E-state index in [0.29, 0.717) is 12.5 Å².